The van der Waals surface area contributed by atoms with Crippen LogP contribution < -0.4 is 5.11 Å². The van der Waals surface area contributed by atoms with Crippen molar-refractivity contribution >= 4 is 30.3 Å². The van der Waals surface area contributed by atoms with Crippen LogP contribution in [0.15, 0.2) is 30.3 Å². The van der Waals surface area contributed by atoms with Gasteiger partial charge in [-0.3, -0.25) is 9.59 Å². The Labute approximate surface area is 222 Å². The van der Waals surface area contributed by atoms with Crippen molar-refractivity contribution in [3.63, 3.8) is 0 Å². The fourth-order valence-electron chi connectivity index (χ4n) is 3.89. The van der Waals surface area contributed by atoms with Crippen LogP contribution in [0, 0.1) is 0 Å². The fourth-order valence-corrected chi connectivity index (χ4v) is 3.89. The smallest absolute Gasteiger partial charge is 0.306 e. The molecule has 0 saturated heterocycles. The van der Waals surface area contributed by atoms with Crippen LogP contribution in [-0.2, 0) is 20.9 Å². The largest absolute Gasteiger partial charge is 0.547 e. The van der Waals surface area contributed by atoms with Crippen LogP contribution >= 0.6 is 12.4 Å². The summed E-state index contributed by atoms with van der Waals surface area (Å²) in [6.07, 6.45) is 11.8. The van der Waals surface area contributed by atoms with Crippen LogP contribution in [0.3, 0.4) is 0 Å². The van der Waals surface area contributed by atoms with E-state index in [9.17, 15) is 19.5 Å². The standard InChI is InChI=1S/C21H38N.C6H8O7.ClH/c1-4-5-6-7-8-9-10-11-12-16-19-22(2,3)20-21-17-14-13-15-18-21;7-3(8)1-6(13,5(11)12)2-4(9)10;/h13-15,17-18H,4-12,16,19-20H2,1-3H3;13H,1-2H2,(H,7,8)(H,9,10)(H,11,12);1H/q+1;;/p-1. The number of quaternary nitrogens is 1. The lowest BCUT2D eigenvalue weighted by atomic mass is 9.96. The predicted octanol–water partition coefficient (Wildman–Crippen LogP) is 4.02. The summed E-state index contributed by atoms with van der Waals surface area (Å²) >= 11 is 0. The summed E-state index contributed by atoms with van der Waals surface area (Å²) < 4.78 is 1.11. The van der Waals surface area contributed by atoms with Crippen molar-refractivity contribution in [1.82, 2.24) is 0 Å². The number of halogens is 1. The van der Waals surface area contributed by atoms with Crippen molar-refractivity contribution in [2.75, 3.05) is 20.6 Å². The van der Waals surface area contributed by atoms with Gasteiger partial charge in [-0.25, -0.2) is 0 Å². The van der Waals surface area contributed by atoms with Gasteiger partial charge in [0.25, 0.3) is 0 Å². The van der Waals surface area contributed by atoms with E-state index in [4.69, 9.17) is 15.3 Å². The molecule has 9 heteroatoms. The van der Waals surface area contributed by atoms with E-state index in [1.54, 1.807) is 0 Å². The third-order valence-electron chi connectivity index (χ3n) is 5.84. The summed E-state index contributed by atoms with van der Waals surface area (Å²) in [5, 5.41) is 35.5. The van der Waals surface area contributed by atoms with E-state index in [-0.39, 0.29) is 12.4 Å². The minimum absolute atomic E-state index is 0. The second-order valence-electron chi connectivity index (χ2n) is 9.95. The molecule has 3 N–H and O–H groups in total. The molecule has 0 amide bonds. The number of benzene rings is 1. The first-order valence-corrected chi connectivity index (χ1v) is 12.6. The molecule has 0 radical (unpaired) electrons. The monoisotopic (exact) mass is 531 g/mol. The number of nitrogens with zero attached hydrogens (tertiary/aromatic N) is 1. The number of rotatable bonds is 18. The minimum Gasteiger partial charge on any atom is -0.547 e. The summed E-state index contributed by atoms with van der Waals surface area (Å²) in [4.78, 5) is 30.3. The number of hydrogen-bond donors (Lipinski definition) is 3. The Morgan fingerprint density at radius 1 is 0.806 bits per heavy atom. The van der Waals surface area contributed by atoms with E-state index >= 15 is 0 Å². The van der Waals surface area contributed by atoms with Crippen LogP contribution in [0.4, 0.5) is 0 Å². The molecule has 0 bridgehead atoms. The lowest BCUT2D eigenvalue weighted by Gasteiger charge is -2.30. The van der Waals surface area contributed by atoms with Crippen molar-refractivity contribution in [2.24, 2.45) is 0 Å². The molecule has 0 aliphatic heterocycles. The zero-order chi connectivity index (χ0) is 26.7. The maximum Gasteiger partial charge on any atom is 0.306 e. The van der Waals surface area contributed by atoms with Crippen LogP contribution in [-0.4, -0.2) is 64.0 Å². The van der Waals surface area contributed by atoms with E-state index in [2.05, 4.69) is 51.4 Å². The van der Waals surface area contributed by atoms with Crippen LogP contribution in [0.25, 0.3) is 0 Å². The molecular weight excluding hydrogens is 486 g/mol. The Kier molecular flexibility index (Phi) is 20.0. The first-order valence-electron chi connectivity index (χ1n) is 12.6. The fraction of sp³-hybridized carbons (Fsp3) is 0.667. The molecule has 0 unspecified atom stereocenters. The Morgan fingerprint density at radius 2 is 1.22 bits per heavy atom. The molecule has 0 fully saturated rings. The maximum absolute atomic E-state index is 10.2. The van der Waals surface area contributed by atoms with Crippen molar-refractivity contribution in [2.45, 2.75) is 96.1 Å². The molecule has 1 aromatic carbocycles. The zero-order valence-electron chi connectivity index (χ0n) is 22.1. The van der Waals surface area contributed by atoms with Gasteiger partial charge in [-0.05, 0) is 12.8 Å². The first kappa shape index (κ1) is 36.0. The highest BCUT2D eigenvalue weighted by atomic mass is 35.5. The Hall–Kier alpha value is -2.16. The van der Waals surface area contributed by atoms with Gasteiger partial charge < -0.3 is 29.7 Å². The van der Waals surface area contributed by atoms with Gasteiger partial charge >= 0.3 is 11.9 Å². The third kappa shape index (κ3) is 19.1. The molecule has 0 aliphatic rings. The number of carbonyl (C=O) groups is 3. The molecule has 1 rings (SSSR count). The molecule has 0 atom stereocenters. The van der Waals surface area contributed by atoms with Crippen LogP contribution in [0.2, 0.25) is 0 Å². The normalized spacial score (nSPS) is 11.1. The second kappa shape index (κ2) is 20.0. The summed E-state index contributed by atoms with van der Waals surface area (Å²) in [6, 6.07) is 10.9. The van der Waals surface area contributed by atoms with E-state index in [0.717, 1.165) is 11.0 Å². The zero-order valence-corrected chi connectivity index (χ0v) is 22.9. The third-order valence-corrected chi connectivity index (χ3v) is 5.84. The Morgan fingerprint density at radius 3 is 1.61 bits per heavy atom. The van der Waals surface area contributed by atoms with Gasteiger partial charge in [0.2, 0.25) is 0 Å². The molecule has 0 saturated carbocycles. The predicted molar refractivity (Wildman–Crippen MR) is 141 cm³/mol. The number of aliphatic carboxylic acids is 3. The average molecular weight is 532 g/mol. The van der Waals surface area contributed by atoms with E-state index in [1.165, 1.54) is 76.3 Å². The topological polar surface area (TPSA) is 135 Å². The molecule has 0 heterocycles. The number of carboxylic acid groups (broad SMARTS) is 3. The molecular formula is C27H46ClNO7. The summed E-state index contributed by atoms with van der Waals surface area (Å²) in [5.41, 5.74) is -1.39. The van der Waals surface area contributed by atoms with Crippen molar-refractivity contribution in [3.8, 4) is 0 Å². The molecule has 8 nitrogen and oxygen atoms in total. The highest BCUT2D eigenvalue weighted by Gasteiger charge is 2.34. The Balaban J connectivity index is 0. The summed E-state index contributed by atoms with van der Waals surface area (Å²) in [5.74, 6) is -5.35. The second-order valence-corrected chi connectivity index (χ2v) is 9.95. The van der Waals surface area contributed by atoms with Crippen LogP contribution in [0.1, 0.15) is 89.5 Å². The molecule has 0 spiro atoms. The average Bonchev–Trinajstić information content (AvgIpc) is 2.74. The SMILES string of the molecule is CCCCCCCCCCCC[N+](C)(C)Cc1ccccc1.Cl.O=C(O)CC(O)(CC(=O)O)C(=O)[O-]. The van der Waals surface area contributed by atoms with Gasteiger partial charge in [0.15, 0.2) is 0 Å². The van der Waals surface area contributed by atoms with Crippen molar-refractivity contribution < 1.29 is 39.3 Å². The number of aliphatic hydroxyl groups is 1. The molecule has 1 aromatic rings. The van der Waals surface area contributed by atoms with Crippen molar-refractivity contribution in [1.29, 1.82) is 0 Å². The quantitative estimate of drug-likeness (QED) is 0.192. The lowest BCUT2D eigenvalue weighted by molar-refractivity contribution is -0.903. The molecule has 0 aliphatic carbocycles. The van der Waals surface area contributed by atoms with Gasteiger partial charge in [0, 0.05) is 5.56 Å². The van der Waals surface area contributed by atoms with Gasteiger partial charge in [-0.15, -0.1) is 12.4 Å². The van der Waals surface area contributed by atoms with Gasteiger partial charge in [-0.2, -0.15) is 0 Å². The summed E-state index contributed by atoms with van der Waals surface area (Å²) in [7, 11) is 4.72. The van der Waals surface area contributed by atoms with Gasteiger partial charge in [0.05, 0.1) is 39.5 Å². The van der Waals surface area contributed by atoms with E-state index in [0.29, 0.717) is 0 Å². The lowest BCUT2D eigenvalue weighted by Crippen LogP contribution is -2.51. The molecule has 208 valence electrons. The number of carboxylic acids is 3. The van der Waals surface area contributed by atoms with Gasteiger partial charge in [-0.1, -0.05) is 88.6 Å². The van der Waals surface area contributed by atoms with E-state index < -0.39 is 36.4 Å². The summed E-state index contributed by atoms with van der Waals surface area (Å²) in [6.45, 7) is 4.74. The maximum atomic E-state index is 10.2. The Bertz CT molecular complexity index is 725. The highest BCUT2D eigenvalue weighted by Crippen LogP contribution is 2.15. The van der Waals surface area contributed by atoms with Crippen molar-refractivity contribution in [3.05, 3.63) is 35.9 Å². The van der Waals surface area contributed by atoms with Gasteiger partial charge in [0.1, 0.15) is 12.1 Å². The molecule has 36 heavy (non-hydrogen) atoms. The number of unbranched alkanes of at least 4 members (excludes halogenated alkanes) is 9. The highest BCUT2D eigenvalue weighted by molar-refractivity contribution is 5.87. The minimum atomic E-state index is -2.85. The number of carbonyl (C=O) groups excluding carboxylic acids is 1. The number of hydrogen-bond acceptors (Lipinski definition) is 5. The first-order chi connectivity index (χ1) is 16.4. The van der Waals surface area contributed by atoms with E-state index in [1.807, 2.05) is 0 Å². The molecule has 0 aromatic heterocycles. The van der Waals surface area contributed by atoms with Crippen LogP contribution in [0.5, 0.6) is 0 Å².